The number of nitriles is 1. The quantitative estimate of drug-likeness (QED) is 0.400. The molecule has 1 aliphatic rings. The molecule has 152 valence electrons. The minimum atomic E-state index is -0.353. The monoisotopic (exact) mass is 462 g/mol. The van der Waals surface area contributed by atoms with Crippen LogP contribution >= 0.6 is 35.1 Å². The van der Waals surface area contributed by atoms with Crippen molar-refractivity contribution in [3.8, 4) is 6.07 Å². The second-order valence-corrected chi connectivity index (χ2v) is 9.18. The summed E-state index contributed by atoms with van der Waals surface area (Å²) in [6.45, 7) is 0.0763. The first-order valence-electron chi connectivity index (χ1n) is 9.31. The Hall–Kier alpha value is -2.98. The third-order valence-corrected chi connectivity index (χ3v) is 6.85. The molecule has 1 fully saturated rings. The highest BCUT2D eigenvalue weighted by atomic mass is 35.5. The van der Waals surface area contributed by atoms with Crippen molar-refractivity contribution in [3.63, 3.8) is 0 Å². The van der Waals surface area contributed by atoms with E-state index in [1.165, 1.54) is 4.90 Å². The number of nitrogens with zero attached hydrogens (tertiary/aromatic N) is 2. The van der Waals surface area contributed by atoms with Gasteiger partial charge < -0.3 is 0 Å². The number of carbonyl (C=O) groups excluding carboxylic acids is 2. The van der Waals surface area contributed by atoms with Crippen LogP contribution < -0.4 is 0 Å². The number of hydrogen-bond acceptors (Lipinski definition) is 5. The van der Waals surface area contributed by atoms with Crippen LogP contribution in [0.3, 0.4) is 0 Å². The molecule has 3 aromatic rings. The van der Waals surface area contributed by atoms with E-state index >= 15 is 0 Å². The highest BCUT2D eigenvalue weighted by molar-refractivity contribution is 8.18. The lowest BCUT2D eigenvalue weighted by Gasteiger charge is -2.13. The number of halogens is 1. The predicted octanol–water partition coefficient (Wildman–Crippen LogP) is 6.60. The molecular weight excluding hydrogens is 448 g/mol. The van der Waals surface area contributed by atoms with Crippen molar-refractivity contribution in [1.29, 1.82) is 5.26 Å². The number of benzene rings is 3. The van der Waals surface area contributed by atoms with Crippen LogP contribution in [-0.2, 0) is 11.3 Å². The number of hydrogen-bond donors (Lipinski definition) is 0. The molecule has 0 atom stereocenters. The molecule has 1 aliphatic heterocycles. The molecular formula is C24H15ClN2O2S2. The highest BCUT2D eigenvalue weighted by Gasteiger charge is 2.35. The van der Waals surface area contributed by atoms with Gasteiger partial charge in [0, 0.05) is 14.8 Å². The summed E-state index contributed by atoms with van der Waals surface area (Å²) in [7, 11) is 0. The van der Waals surface area contributed by atoms with Crippen LogP contribution in [0.1, 0.15) is 16.7 Å². The molecule has 0 aliphatic carbocycles. The molecule has 4 nitrogen and oxygen atoms in total. The minimum absolute atomic E-state index is 0.0763. The van der Waals surface area contributed by atoms with E-state index in [9.17, 15) is 14.9 Å². The molecule has 0 N–H and O–H groups in total. The van der Waals surface area contributed by atoms with Crippen molar-refractivity contribution in [2.24, 2.45) is 0 Å². The Kier molecular flexibility index (Phi) is 6.47. The zero-order valence-corrected chi connectivity index (χ0v) is 18.5. The second-order valence-electron chi connectivity index (χ2n) is 6.63. The van der Waals surface area contributed by atoms with Crippen molar-refractivity contribution >= 4 is 52.3 Å². The van der Waals surface area contributed by atoms with Gasteiger partial charge in [0.05, 0.1) is 23.1 Å². The van der Waals surface area contributed by atoms with Crippen LogP contribution in [0.15, 0.2) is 87.5 Å². The molecule has 0 bridgehead atoms. The van der Waals surface area contributed by atoms with Gasteiger partial charge in [0.25, 0.3) is 11.1 Å². The zero-order chi connectivity index (χ0) is 21.8. The Balaban J connectivity index is 1.59. The fraction of sp³-hybridized carbons (Fsp3) is 0.0417. The van der Waals surface area contributed by atoms with Crippen LogP contribution in [0.4, 0.5) is 4.79 Å². The van der Waals surface area contributed by atoms with Crippen molar-refractivity contribution in [2.75, 3.05) is 0 Å². The van der Waals surface area contributed by atoms with Crippen molar-refractivity contribution in [2.45, 2.75) is 16.3 Å². The van der Waals surface area contributed by atoms with Gasteiger partial charge in [-0.3, -0.25) is 14.5 Å². The first kappa shape index (κ1) is 21.3. The van der Waals surface area contributed by atoms with Crippen LogP contribution in [0.5, 0.6) is 0 Å². The number of rotatable bonds is 5. The molecule has 1 saturated heterocycles. The van der Waals surface area contributed by atoms with E-state index in [-0.39, 0.29) is 17.7 Å². The zero-order valence-electron chi connectivity index (χ0n) is 16.1. The second kappa shape index (κ2) is 9.44. The van der Waals surface area contributed by atoms with Crippen molar-refractivity contribution < 1.29 is 9.59 Å². The van der Waals surface area contributed by atoms with E-state index in [0.717, 1.165) is 27.1 Å². The van der Waals surface area contributed by atoms with E-state index in [1.807, 2.05) is 48.5 Å². The van der Waals surface area contributed by atoms with E-state index in [4.69, 9.17) is 11.6 Å². The summed E-state index contributed by atoms with van der Waals surface area (Å²) in [6.07, 6.45) is 1.75. The van der Waals surface area contributed by atoms with Crippen molar-refractivity contribution in [1.82, 2.24) is 4.90 Å². The summed E-state index contributed by atoms with van der Waals surface area (Å²) >= 11 is 8.44. The first-order valence-corrected chi connectivity index (χ1v) is 11.3. The first-order chi connectivity index (χ1) is 15.0. The van der Waals surface area contributed by atoms with E-state index in [0.29, 0.717) is 21.1 Å². The molecule has 1 heterocycles. The number of thioether (sulfide) groups is 1. The molecule has 0 radical (unpaired) electrons. The van der Waals surface area contributed by atoms with Gasteiger partial charge in [-0.25, -0.2) is 0 Å². The average molecular weight is 463 g/mol. The third-order valence-electron chi connectivity index (χ3n) is 4.59. The van der Waals surface area contributed by atoms with Crippen LogP contribution in [-0.4, -0.2) is 16.0 Å². The molecule has 0 unspecified atom stereocenters. The van der Waals surface area contributed by atoms with Crippen LogP contribution in [0.25, 0.3) is 6.08 Å². The maximum Gasteiger partial charge on any atom is 0.293 e. The predicted molar refractivity (Wildman–Crippen MR) is 125 cm³/mol. The van der Waals surface area contributed by atoms with Crippen molar-refractivity contribution in [3.05, 3.63) is 99.4 Å². The Morgan fingerprint density at radius 2 is 1.71 bits per heavy atom. The Labute approximate surface area is 193 Å². The lowest BCUT2D eigenvalue weighted by Crippen LogP contribution is -2.27. The molecule has 31 heavy (non-hydrogen) atoms. The summed E-state index contributed by atoms with van der Waals surface area (Å²) in [5.41, 5.74) is 1.95. The molecule has 3 aromatic carbocycles. The van der Waals surface area contributed by atoms with Crippen LogP contribution in [0.2, 0.25) is 5.02 Å². The van der Waals surface area contributed by atoms with Gasteiger partial charge in [0.15, 0.2) is 0 Å². The lowest BCUT2D eigenvalue weighted by molar-refractivity contribution is -0.123. The highest BCUT2D eigenvalue weighted by Crippen LogP contribution is 2.37. The summed E-state index contributed by atoms with van der Waals surface area (Å²) in [4.78, 5) is 29.0. The SMILES string of the molecule is N#Cc1ccccc1CN1C(=O)S/C(=C\c2ccccc2Sc2ccc(Cl)cc2)C1=O. The fourth-order valence-electron chi connectivity index (χ4n) is 3.04. The Bertz CT molecular complexity index is 1230. The van der Waals surface area contributed by atoms with E-state index in [2.05, 4.69) is 6.07 Å². The largest absolute Gasteiger partial charge is 0.293 e. The number of carbonyl (C=O) groups is 2. The Morgan fingerprint density at radius 3 is 2.48 bits per heavy atom. The number of amides is 2. The average Bonchev–Trinajstić information content (AvgIpc) is 3.04. The molecule has 4 rings (SSSR count). The van der Waals surface area contributed by atoms with Gasteiger partial charge in [-0.15, -0.1) is 0 Å². The summed E-state index contributed by atoms with van der Waals surface area (Å²) < 4.78 is 0. The van der Waals surface area contributed by atoms with Gasteiger partial charge in [-0.05, 0) is 65.4 Å². The summed E-state index contributed by atoms with van der Waals surface area (Å²) in [6, 6.07) is 24.3. The van der Waals surface area contributed by atoms with Crippen LogP contribution in [0, 0.1) is 11.3 Å². The van der Waals surface area contributed by atoms with E-state index < -0.39 is 0 Å². The van der Waals surface area contributed by atoms with Gasteiger partial charge in [-0.1, -0.05) is 59.8 Å². The molecule has 2 amide bonds. The standard InChI is InChI=1S/C24H15ClN2O2S2/c25-19-9-11-20(12-10-19)30-21-8-4-3-5-16(21)13-22-23(28)27(24(29)31-22)15-18-7-2-1-6-17(18)14-26/h1-13H,15H2/b22-13-. The van der Waals surface area contributed by atoms with Gasteiger partial charge in [0.1, 0.15) is 0 Å². The van der Waals surface area contributed by atoms with Gasteiger partial charge in [0.2, 0.25) is 0 Å². The summed E-state index contributed by atoms with van der Waals surface area (Å²) in [5.74, 6) is -0.353. The maximum absolute atomic E-state index is 12.9. The van der Waals surface area contributed by atoms with Gasteiger partial charge in [-0.2, -0.15) is 5.26 Å². The maximum atomic E-state index is 12.9. The number of imide groups is 1. The molecule has 0 saturated carbocycles. The van der Waals surface area contributed by atoms with Gasteiger partial charge >= 0.3 is 0 Å². The molecule has 7 heteroatoms. The fourth-order valence-corrected chi connectivity index (χ4v) is 4.91. The lowest BCUT2D eigenvalue weighted by atomic mass is 10.1. The Morgan fingerprint density at radius 1 is 1.00 bits per heavy atom. The topological polar surface area (TPSA) is 61.2 Å². The molecule has 0 aromatic heterocycles. The third kappa shape index (κ3) is 4.86. The normalized spacial score (nSPS) is 14.8. The minimum Gasteiger partial charge on any atom is -0.268 e. The molecule has 0 spiro atoms. The van der Waals surface area contributed by atoms with E-state index in [1.54, 1.807) is 42.1 Å². The summed E-state index contributed by atoms with van der Waals surface area (Å²) in [5, 5.41) is 9.60. The smallest absolute Gasteiger partial charge is 0.268 e.